The third kappa shape index (κ3) is 15.1. The van der Waals surface area contributed by atoms with Gasteiger partial charge in [-0.05, 0) is 38.5 Å². The van der Waals surface area contributed by atoms with E-state index in [0.29, 0.717) is 6.61 Å². The van der Waals surface area contributed by atoms with Crippen LogP contribution in [0.15, 0.2) is 0 Å². The van der Waals surface area contributed by atoms with Crippen molar-refractivity contribution in [2.75, 3.05) is 33.3 Å². The first-order valence-electron chi connectivity index (χ1n) is 9.13. The quantitative estimate of drug-likeness (QED) is 0.346. The maximum Gasteiger partial charge on any atom is 0.0785 e. The number of halogens is 1. The molecule has 21 heavy (non-hydrogen) atoms. The van der Waals surface area contributed by atoms with Gasteiger partial charge in [-0.15, -0.1) is 0 Å². The van der Waals surface area contributed by atoms with Crippen LogP contribution in [-0.4, -0.2) is 42.9 Å². The molecule has 0 bridgehead atoms. The van der Waals surface area contributed by atoms with E-state index in [1.54, 1.807) is 0 Å². The highest BCUT2D eigenvalue weighted by atomic mass is 79.9. The third-order valence-corrected chi connectivity index (χ3v) is 4.46. The number of rotatable bonds is 15. The van der Waals surface area contributed by atoms with Crippen LogP contribution in [0.3, 0.4) is 0 Å². The third-order valence-electron chi connectivity index (χ3n) is 4.46. The van der Waals surface area contributed by atoms with Crippen LogP contribution < -0.4 is 17.0 Å². The summed E-state index contributed by atoms with van der Waals surface area (Å²) in [7, 11) is 2.43. The summed E-state index contributed by atoms with van der Waals surface area (Å²) in [6, 6.07) is 0. The van der Waals surface area contributed by atoms with Crippen LogP contribution >= 0.6 is 0 Å². The Hall–Kier alpha value is 0.400. The molecule has 1 N–H and O–H groups in total. The minimum Gasteiger partial charge on any atom is -1.00 e. The van der Waals surface area contributed by atoms with Gasteiger partial charge in [0.2, 0.25) is 0 Å². The molecule has 0 spiro atoms. The van der Waals surface area contributed by atoms with E-state index in [2.05, 4.69) is 20.9 Å². The van der Waals surface area contributed by atoms with Crippen molar-refractivity contribution in [3.8, 4) is 0 Å². The predicted molar refractivity (Wildman–Crippen MR) is 90.0 cm³/mol. The number of quaternary nitrogens is 1. The number of nitrogens with zero attached hydrogens (tertiary/aromatic N) is 1. The first-order chi connectivity index (χ1) is 9.68. The summed E-state index contributed by atoms with van der Waals surface area (Å²) < 4.78 is 1.23. The molecule has 1 atom stereocenters. The van der Waals surface area contributed by atoms with Crippen LogP contribution in [0.1, 0.15) is 84.5 Å². The molecule has 0 saturated carbocycles. The van der Waals surface area contributed by atoms with Crippen molar-refractivity contribution in [3.05, 3.63) is 0 Å². The van der Waals surface area contributed by atoms with E-state index in [4.69, 9.17) is 5.11 Å². The number of aliphatic hydroxyl groups is 1. The Morgan fingerprint density at radius 2 is 1.00 bits per heavy atom. The van der Waals surface area contributed by atoms with Crippen molar-refractivity contribution < 1.29 is 26.6 Å². The molecule has 0 saturated heterocycles. The van der Waals surface area contributed by atoms with Crippen molar-refractivity contribution in [1.29, 1.82) is 0 Å². The van der Waals surface area contributed by atoms with E-state index in [1.807, 2.05) is 0 Å². The molecule has 0 aliphatic heterocycles. The summed E-state index contributed by atoms with van der Waals surface area (Å²) >= 11 is 0. The van der Waals surface area contributed by atoms with E-state index < -0.39 is 0 Å². The van der Waals surface area contributed by atoms with Gasteiger partial charge in [0.05, 0.1) is 26.7 Å². The van der Waals surface area contributed by atoms with Crippen molar-refractivity contribution in [2.24, 2.45) is 0 Å². The van der Waals surface area contributed by atoms with Crippen LogP contribution in [0.25, 0.3) is 0 Å². The van der Waals surface area contributed by atoms with Crippen molar-refractivity contribution >= 4 is 0 Å². The van der Waals surface area contributed by atoms with Gasteiger partial charge in [0.1, 0.15) is 0 Å². The van der Waals surface area contributed by atoms with Crippen molar-refractivity contribution in [1.82, 2.24) is 0 Å². The van der Waals surface area contributed by atoms with E-state index in [-0.39, 0.29) is 17.0 Å². The molecular weight excluding hydrogens is 326 g/mol. The van der Waals surface area contributed by atoms with Gasteiger partial charge < -0.3 is 26.6 Å². The van der Waals surface area contributed by atoms with Gasteiger partial charge >= 0.3 is 0 Å². The van der Waals surface area contributed by atoms with Crippen LogP contribution in [0, 0.1) is 0 Å². The largest absolute Gasteiger partial charge is 1.00 e. The molecular formula is C18H40BrNO. The summed E-state index contributed by atoms with van der Waals surface area (Å²) in [5.41, 5.74) is 0. The second-order valence-corrected chi connectivity index (χ2v) is 6.70. The van der Waals surface area contributed by atoms with Gasteiger partial charge in [0.15, 0.2) is 0 Å². The molecule has 0 aromatic carbocycles. The molecule has 0 aliphatic rings. The first-order valence-corrected chi connectivity index (χ1v) is 9.13. The van der Waals surface area contributed by atoms with E-state index in [0.717, 1.165) is 6.42 Å². The minimum absolute atomic E-state index is 0. The van der Waals surface area contributed by atoms with Crippen LogP contribution in [0.2, 0.25) is 0 Å². The van der Waals surface area contributed by atoms with Gasteiger partial charge in [-0.3, -0.25) is 0 Å². The molecule has 0 aliphatic carbocycles. The standard InChI is InChI=1S/C18H40NO.BrH/c1-4-6-8-10-12-16-19(3,17-13-14-18-20)15-11-9-7-5-2;/h20H,4-18H2,1-3H3;1H/q+1;/p-1. The molecule has 130 valence electrons. The monoisotopic (exact) mass is 365 g/mol. The maximum absolute atomic E-state index is 8.98. The Balaban J connectivity index is 0. The van der Waals surface area contributed by atoms with Gasteiger partial charge in [-0.25, -0.2) is 0 Å². The molecule has 0 heterocycles. The fourth-order valence-electron chi connectivity index (χ4n) is 2.96. The topological polar surface area (TPSA) is 20.2 Å². The number of unbranched alkanes of at least 4 members (excludes halogenated alkanes) is 8. The lowest BCUT2D eigenvalue weighted by Crippen LogP contribution is -3.00. The van der Waals surface area contributed by atoms with Crippen LogP contribution in [-0.2, 0) is 0 Å². The van der Waals surface area contributed by atoms with Gasteiger partial charge in [0.25, 0.3) is 0 Å². The smallest absolute Gasteiger partial charge is 0.0785 e. The Bertz CT molecular complexity index is 202. The lowest BCUT2D eigenvalue weighted by Gasteiger charge is -2.35. The average Bonchev–Trinajstić information content (AvgIpc) is 2.44. The van der Waals surface area contributed by atoms with Crippen LogP contribution in [0.5, 0.6) is 0 Å². The SMILES string of the molecule is CCCCCCC[N+](C)(CCCCO)CCCCCC.[Br-]. The minimum atomic E-state index is 0. The molecule has 0 rings (SSSR count). The van der Waals surface area contributed by atoms with E-state index in [9.17, 15) is 0 Å². The molecule has 3 heteroatoms. The zero-order valence-electron chi connectivity index (χ0n) is 14.9. The zero-order valence-corrected chi connectivity index (χ0v) is 16.5. The first kappa shape index (κ1) is 23.7. The Morgan fingerprint density at radius 3 is 1.43 bits per heavy atom. The highest BCUT2D eigenvalue weighted by Crippen LogP contribution is 2.14. The van der Waals surface area contributed by atoms with Gasteiger partial charge in [0, 0.05) is 6.61 Å². The maximum atomic E-state index is 8.98. The van der Waals surface area contributed by atoms with E-state index >= 15 is 0 Å². The second kappa shape index (κ2) is 16.8. The second-order valence-electron chi connectivity index (χ2n) is 6.70. The summed E-state index contributed by atoms with van der Waals surface area (Å²) in [6.45, 7) is 8.83. The summed E-state index contributed by atoms with van der Waals surface area (Å²) in [5.74, 6) is 0. The summed E-state index contributed by atoms with van der Waals surface area (Å²) in [5, 5.41) is 8.98. The van der Waals surface area contributed by atoms with Crippen molar-refractivity contribution in [3.63, 3.8) is 0 Å². The number of aliphatic hydroxyl groups excluding tert-OH is 1. The fraction of sp³-hybridized carbons (Fsp3) is 1.00. The molecule has 1 unspecified atom stereocenters. The Kier molecular flexibility index (Phi) is 18.9. The average molecular weight is 366 g/mol. The van der Waals surface area contributed by atoms with E-state index in [1.165, 1.54) is 88.3 Å². The fourth-order valence-corrected chi connectivity index (χ4v) is 2.96. The molecule has 2 nitrogen and oxygen atoms in total. The molecule has 0 amide bonds. The van der Waals surface area contributed by atoms with Gasteiger partial charge in [-0.2, -0.15) is 0 Å². The van der Waals surface area contributed by atoms with Crippen LogP contribution in [0.4, 0.5) is 0 Å². The zero-order chi connectivity index (χ0) is 15.1. The highest BCUT2D eigenvalue weighted by Gasteiger charge is 2.19. The van der Waals surface area contributed by atoms with Crippen molar-refractivity contribution in [2.45, 2.75) is 84.5 Å². The molecule has 0 aromatic heterocycles. The lowest BCUT2D eigenvalue weighted by molar-refractivity contribution is -0.910. The molecule has 0 aromatic rings. The lowest BCUT2D eigenvalue weighted by atomic mass is 10.1. The predicted octanol–water partition coefficient (Wildman–Crippen LogP) is 1.76. The summed E-state index contributed by atoms with van der Waals surface area (Å²) in [6.07, 6.45) is 14.5. The normalized spacial score (nSPS) is 13.7. The molecule has 0 fully saturated rings. The number of hydrogen-bond donors (Lipinski definition) is 1. The number of hydrogen-bond acceptors (Lipinski definition) is 1. The summed E-state index contributed by atoms with van der Waals surface area (Å²) in [4.78, 5) is 0. The molecule has 0 radical (unpaired) electrons. The van der Waals surface area contributed by atoms with Gasteiger partial charge in [-0.1, -0.05) is 46.0 Å². The highest BCUT2D eigenvalue weighted by molar-refractivity contribution is 4.48. The Morgan fingerprint density at radius 1 is 0.619 bits per heavy atom. The Labute approximate surface area is 144 Å².